The number of benzene rings is 2. The first-order valence-corrected chi connectivity index (χ1v) is 8.14. The number of amides is 1. The lowest BCUT2D eigenvalue weighted by Gasteiger charge is -2.08. The van der Waals surface area contributed by atoms with Crippen LogP contribution < -0.4 is 5.43 Å². The summed E-state index contributed by atoms with van der Waals surface area (Å²) >= 11 is 15.4. The predicted octanol–water partition coefficient (Wildman–Crippen LogP) is 5.30. The molecule has 0 aliphatic heterocycles. The zero-order chi connectivity index (χ0) is 16.1. The zero-order valence-electron chi connectivity index (χ0n) is 11.7. The molecule has 0 saturated heterocycles. The van der Waals surface area contributed by atoms with Gasteiger partial charge in [0.15, 0.2) is 0 Å². The summed E-state index contributed by atoms with van der Waals surface area (Å²) < 4.78 is 0.713. The number of nitrogens with zero attached hydrogens (tertiary/aromatic N) is 1. The normalized spacial score (nSPS) is 11.4. The molecule has 0 radical (unpaired) electrons. The molecule has 0 spiro atoms. The molecule has 1 N–H and O–H groups in total. The van der Waals surface area contributed by atoms with Gasteiger partial charge < -0.3 is 0 Å². The number of carbonyl (C=O) groups is 1. The van der Waals surface area contributed by atoms with Crippen molar-refractivity contribution < 1.29 is 4.79 Å². The van der Waals surface area contributed by atoms with Gasteiger partial charge in [0.25, 0.3) is 5.91 Å². The number of hydrazone groups is 1. The molecule has 22 heavy (non-hydrogen) atoms. The number of nitrogens with one attached hydrogen (secondary N) is 1. The van der Waals surface area contributed by atoms with E-state index in [-0.39, 0.29) is 5.91 Å². The van der Waals surface area contributed by atoms with Crippen molar-refractivity contribution in [2.75, 3.05) is 0 Å². The van der Waals surface area contributed by atoms with Crippen LogP contribution in [0.2, 0.25) is 10.0 Å². The van der Waals surface area contributed by atoms with Crippen LogP contribution in [0.5, 0.6) is 0 Å². The summed E-state index contributed by atoms with van der Waals surface area (Å²) in [7, 11) is 0. The van der Waals surface area contributed by atoms with E-state index in [0.29, 0.717) is 32.2 Å². The first kappa shape index (κ1) is 17.0. The van der Waals surface area contributed by atoms with E-state index in [1.807, 2.05) is 13.0 Å². The van der Waals surface area contributed by atoms with Gasteiger partial charge in [0, 0.05) is 15.1 Å². The molecule has 0 aliphatic carbocycles. The van der Waals surface area contributed by atoms with E-state index >= 15 is 0 Å². The Hall–Kier alpha value is -1.36. The minimum absolute atomic E-state index is 0.288. The molecule has 2 aromatic rings. The van der Waals surface area contributed by atoms with E-state index in [2.05, 4.69) is 26.5 Å². The smallest absolute Gasteiger partial charge is 0.267 e. The number of hydrogen-bond donors (Lipinski definition) is 1. The summed E-state index contributed by atoms with van der Waals surface area (Å²) in [6.07, 6.45) is 0.623. The quantitative estimate of drug-likeness (QED) is 0.550. The van der Waals surface area contributed by atoms with Crippen molar-refractivity contribution in [3.63, 3.8) is 0 Å². The number of halogens is 3. The van der Waals surface area contributed by atoms with Gasteiger partial charge in [-0.25, -0.2) is 5.43 Å². The fourth-order valence-corrected chi connectivity index (χ4v) is 2.86. The molecule has 1 amide bonds. The molecule has 0 heterocycles. The summed E-state index contributed by atoms with van der Waals surface area (Å²) in [5.74, 6) is -0.288. The molecule has 0 aliphatic rings. The Balaban J connectivity index is 2.23. The summed E-state index contributed by atoms with van der Waals surface area (Å²) in [5.41, 5.74) is 4.51. The van der Waals surface area contributed by atoms with Crippen LogP contribution in [0.1, 0.15) is 29.3 Å². The highest BCUT2D eigenvalue weighted by Crippen LogP contribution is 2.22. The molecule has 0 fully saturated rings. The molecule has 3 nitrogen and oxygen atoms in total. The van der Waals surface area contributed by atoms with Gasteiger partial charge in [0.05, 0.1) is 16.3 Å². The second-order valence-electron chi connectivity index (χ2n) is 4.46. The molecular formula is C16H13BrCl2N2O. The third kappa shape index (κ3) is 4.09. The summed E-state index contributed by atoms with van der Waals surface area (Å²) in [6, 6.07) is 12.3. The molecule has 0 aromatic heterocycles. The first-order valence-electron chi connectivity index (χ1n) is 6.59. The predicted molar refractivity (Wildman–Crippen MR) is 94.9 cm³/mol. The van der Waals surface area contributed by atoms with E-state index in [1.54, 1.807) is 36.4 Å². The van der Waals surface area contributed by atoms with Crippen molar-refractivity contribution in [1.82, 2.24) is 5.43 Å². The van der Waals surface area contributed by atoms with Crippen molar-refractivity contribution in [3.05, 3.63) is 68.1 Å². The third-order valence-corrected chi connectivity index (χ3v) is 4.23. The first-order chi connectivity index (χ1) is 10.5. The van der Waals surface area contributed by atoms with E-state index < -0.39 is 0 Å². The monoisotopic (exact) mass is 398 g/mol. The van der Waals surface area contributed by atoms with Gasteiger partial charge in [-0.05, 0) is 46.6 Å². The van der Waals surface area contributed by atoms with Gasteiger partial charge >= 0.3 is 0 Å². The second kappa shape index (κ2) is 7.77. The highest BCUT2D eigenvalue weighted by Gasteiger charge is 2.11. The Labute approximate surface area is 147 Å². The topological polar surface area (TPSA) is 41.5 Å². The van der Waals surface area contributed by atoms with Crippen LogP contribution in [0, 0.1) is 0 Å². The van der Waals surface area contributed by atoms with E-state index in [0.717, 1.165) is 5.56 Å². The van der Waals surface area contributed by atoms with Crippen LogP contribution in [0.15, 0.2) is 52.0 Å². The van der Waals surface area contributed by atoms with Gasteiger partial charge in [-0.2, -0.15) is 5.10 Å². The fourth-order valence-electron chi connectivity index (χ4n) is 1.88. The largest absolute Gasteiger partial charge is 0.272 e. The van der Waals surface area contributed by atoms with Crippen LogP contribution in [0.3, 0.4) is 0 Å². The highest BCUT2D eigenvalue weighted by molar-refractivity contribution is 9.10. The van der Waals surface area contributed by atoms with Gasteiger partial charge in [-0.1, -0.05) is 48.3 Å². The Morgan fingerprint density at radius 1 is 1.18 bits per heavy atom. The maximum atomic E-state index is 12.2. The zero-order valence-corrected chi connectivity index (χ0v) is 14.8. The van der Waals surface area contributed by atoms with Gasteiger partial charge in [-0.3, -0.25) is 4.79 Å². The minimum Gasteiger partial charge on any atom is -0.267 e. The molecule has 2 aromatic carbocycles. The lowest BCUT2D eigenvalue weighted by molar-refractivity contribution is 0.0954. The summed E-state index contributed by atoms with van der Waals surface area (Å²) in [4.78, 5) is 12.2. The molecule has 0 saturated carbocycles. The summed E-state index contributed by atoms with van der Waals surface area (Å²) in [6.45, 7) is 1.94. The molecule has 6 heteroatoms. The van der Waals surface area contributed by atoms with Crippen LogP contribution >= 0.6 is 39.1 Å². The molecule has 114 valence electrons. The minimum atomic E-state index is -0.288. The number of hydrogen-bond acceptors (Lipinski definition) is 2. The van der Waals surface area contributed by atoms with Crippen molar-refractivity contribution in [3.8, 4) is 0 Å². The lowest BCUT2D eigenvalue weighted by Crippen LogP contribution is -2.20. The van der Waals surface area contributed by atoms with Crippen molar-refractivity contribution in [2.45, 2.75) is 13.3 Å². The molecule has 2 rings (SSSR count). The third-order valence-electron chi connectivity index (χ3n) is 2.99. The molecule has 0 unspecified atom stereocenters. The second-order valence-corrected chi connectivity index (χ2v) is 6.15. The van der Waals surface area contributed by atoms with E-state index in [9.17, 15) is 4.79 Å². The lowest BCUT2D eigenvalue weighted by atomic mass is 10.1. The van der Waals surface area contributed by atoms with Crippen molar-refractivity contribution in [1.29, 1.82) is 0 Å². The maximum Gasteiger partial charge on any atom is 0.272 e. The standard InChI is InChI=1S/C16H13BrCl2N2O/c1-2-15(12-8-7-10(18)9-14(12)19)20-21-16(22)11-5-3-4-6-13(11)17/h3-9H,2H2,1H3,(H,21,22). The van der Waals surface area contributed by atoms with E-state index in [1.165, 1.54) is 0 Å². The average molecular weight is 400 g/mol. The Morgan fingerprint density at radius 3 is 2.55 bits per heavy atom. The fraction of sp³-hybridized carbons (Fsp3) is 0.125. The average Bonchev–Trinajstić information content (AvgIpc) is 2.49. The van der Waals surface area contributed by atoms with Crippen LogP contribution in [-0.2, 0) is 0 Å². The van der Waals surface area contributed by atoms with Gasteiger partial charge in [0.2, 0.25) is 0 Å². The number of rotatable bonds is 4. The number of carbonyl (C=O) groups excluding carboxylic acids is 1. The van der Waals surface area contributed by atoms with E-state index in [4.69, 9.17) is 23.2 Å². The molecule has 0 atom stereocenters. The molecule has 0 bridgehead atoms. The Morgan fingerprint density at radius 2 is 1.91 bits per heavy atom. The van der Waals surface area contributed by atoms with Crippen molar-refractivity contribution in [2.24, 2.45) is 5.10 Å². The Kier molecular flexibility index (Phi) is 6.00. The maximum absolute atomic E-state index is 12.2. The summed E-state index contributed by atoms with van der Waals surface area (Å²) in [5, 5.41) is 5.25. The SMILES string of the molecule is CCC(=NNC(=O)c1ccccc1Br)c1ccc(Cl)cc1Cl. The Bertz CT molecular complexity index is 732. The van der Waals surface area contributed by atoms with Gasteiger partial charge in [-0.15, -0.1) is 0 Å². The van der Waals surface area contributed by atoms with Crippen LogP contribution in [0.25, 0.3) is 0 Å². The van der Waals surface area contributed by atoms with Gasteiger partial charge in [0.1, 0.15) is 0 Å². The molecular weight excluding hydrogens is 387 g/mol. The van der Waals surface area contributed by atoms with Crippen molar-refractivity contribution >= 4 is 50.8 Å². The van der Waals surface area contributed by atoms with Crippen LogP contribution in [-0.4, -0.2) is 11.6 Å². The highest BCUT2D eigenvalue weighted by atomic mass is 79.9. The van der Waals surface area contributed by atoms with Crippen LogP contribution in [0.4, 0.5) is 0 Å².